The quantitative estimate of drug-likeness (QED) is 0.880. The van der Waals surface area contributed by atoms with Gasteiger partial charge in [0.25, 0.3) is 0 Å². The molecule has 3 heteroatoms. The van der Waals surface area contributed by atoms with Crippen molar-refractivity contribution in [3.8, 4) is 0 Å². The third-order valence-electron chi connectivity index (χ3n) is 3.87. The van der Waals surface area contributed by atoms with Crippen LogP contribution in [-0.2, 0) is 13.1 Å². The molecule has 3 nitrogen and oxygen atoms in total. The molecule has 0 saturated heterocycles. The maximum atomic E-state index is 4.75. The molecular formula is C18H23N3. The molecule has 21 heavy (non-hydrogen) atoms. The van der Waals surface area contributed by atoms with Crippen molar-refractivity contribution < 1.29 is 0 Å². The summed E-state index contributed by atoms with van der Waals surface area (Å²) in [5, 5.41) is 3.51. The minimum Gasteiger partial charge on any atom is -0.355 e. The van der Waals surface area contributed by atoms with E-state index in [0.29, 0.717) is 0 Å². The highest BCUT2D eigenvalue weighted by atomic mass is 15.2. The Morgan fingerprint density at radius 3 is 2.62 bits per heavy atom. The fraction of sp³-hybridized carbons (Fsp3) is 0.389. The van der Waals surface area contributed by atoms with Crippen LogP contribution in [0.25, 0.3) is 0 Å². The lowest BCUT2D eigenvalue weighted by atomic mass is 10.1. The highest BCUT2D eigenvalue weighted by Crippen LogP contribution is 2.19. The van der Waals surface area contributed by atoms with E-state index >= 15 is 0 Å². The Hall–Kier alpha value is -1.87. The second-order valence-electron chi connectivity index (χ2n) is 5.98. The maximum Gasteiger partial charge on any atom is 0.128 e. The van der Waals surface area contributed by atoms with Crippen molar-refractivity contribution >= 4 is 5.82 Å². The van der Waals surface area contributed by atoms with Crippen molar-refractivity contribution in [1.29, 1.82) is 0 Å². The summed E-state index contributed by atoms with van der Waals surface area (Å²) in [6.07, 6.45) is 2.63. The number of hydrogen-bond acceptors (Lipinski definition) is 3. The van der Waals surface area contributed by atoms with E-state index < -0.39 is 0 Å². The molecule has 2 aromatic rings. The Labute approximate surface area is 127 Å². The molecule has 0 aliphatic heterocycles. The molecule has 0 atom stereocenters. The van der Waals surface area contributed by atoms with Gasteiger partial charge in [-0.2, -0.15) is 0 Å². The first-order valence-corrected chi connectivity index (χ1v) is 7.67. The van der Waals surface area contributed by atoms with E-state index in [1.54, 1.807) is 0 Å². The topological polar surface area (TPSA) is 28.2 Å². The Morgan fingerprint density at radius 1 is 1.14 bits per heavy atom. The van der Waals surface area contributed by atoms with E-state index in [1.807, 2.05) is 0 Å². The number of benzene rings is 1. The van der Waals surface area contributed by atoms with Gasteiger partial charge in [0.1, 0.15) is 5.82 Å². The number of hydrogen-bond donors (Lipinski definition) is 1. The fourth-order valence-corrected chi connectivity index (χ4v) is 2.36. The Morgan fingerprint density at radius 2 is 1.90 bits per heavy atom. The van der Waals surface area contributed by atoms with Crippen LogP contribution in [-0.4, -0.2) is 18.1 Å². The number of anilines is 1. The van der Waals surface area contributed by atoms with Crippen molar-refractivity contribution in [1.82, 2.24) is 10.3 Å². The Bertz CT molecular complexity index is 588. The van der Waals surface area contributed by atoms with Crippen LogP contribution in [0.1, 0.15) is 29.7 Å². The number of rotatable bonds is 6. The van der Waals surface area contributed by atoms with Gasteiger partial charge in [-0.1, -0.05) is 35.9 Å². The predicted octanol–water partition coefficient (Wildman–Crippen LogP) is 3.28. The van der Waals surface area contributed by atoms with Crippen molar-refractivity contribution in [2.75, 3.05) is 11.9 Å². The van der Waals surface area contributed by atoms with Crippen LogP contribution < -0.4 is 10.2 Å². The highest BCUT2D eigenvalue weighted by molar-refractivity contribution is 5.39. The zero-order chi connectivity index (χ0) is 14.7. The van der Waals surface area contributed by atoms with Crippen LogP contribution in [0, 0.1) is 6.92 Å². The molecule has 1 fully saturated rings. The van der Waals surface area contributed by atoms with Crippen molar-refractivity contribution in [2.45, 2.75) is 38.9 Å². The number of pyridine rings is 1. The Balaban J connectivity index is 1.63. The lowest BCUT2D eigenvalue weighted by molar-refractivity contribution is 0.673. The summed E-state index contributed by atoms with van der Waals surface area (Å²) in [6, 6.07) is 15.7. The summed E-state index contributed by atoms with van der Waals surface area (Å²) in [4.78, 5) is 6.95. The molecule has 1 N–H and O–H groups in total. The monoisotopic (exact) mass is 281 g/mol. The summed E-state index contributed by atoms with van der Waals surface area (Å²) in [7, 11) is 2.10. The van der Waals surface area contributed by atoms with Gasteiger partial charge in [-0.15, -0.1) is 0 Å². The molecule has 0 bridgehead atoms. The fourth-order valence-electron chi connectivity index (χ4n) is 2.36. The third-order valence-corrected chi connectivity index (χ3v) is 3.87. The molecule has 110 valence electrons. The van der Waals surface area contributed by atoms with Gasteiger partial charge in [-0.3, -0.25) is 0 Å². The van der Waals surface area contributed by atoms with Crippen molar-refractivity contribution in [3.63, 3.8) is 0 Å². The van der Waals surface area contributed by atoms with Crippen LogP contribution >= 0.6 is 0 Å². The first-order valence-electron chi connectivity index (χ1n) is 7.67. The molecule has 1 aromatic carbocycles. The number of aromatic nitrogens is 1. The molecule has 0 spiro atoms. The van der Waals surface area contributed by atoms with Crippen molar-refractivity contribution in [2.24, 2.45) is 0 Å². The maximum absolute atomic E-state index is 4.75. The molecule has 1 aromatic heterocycles. The van der Waals surface area contributed by atoms with Crippen LogP contribution in [0.5, 0.6) is 0 Å². The van der Waals surface area contributed by atoms with Gasteiger partial charge in [0.2, 0.25) is 0 Å². The summed E-state index contributed by atoms with van der Waals surface area (Å²) in [5.74, 6) is 1.03. The number of aryl methyl sites for hydroxylation is 1. The van der Waals surface area contributed by atoms with Crippen LogP contribution in [0.3, 0.4) is 0 Å². The van der Waals surface area contributed by atoms with E-state index in [4.69, 9.17) is 4.98 Å². The summed E-state index contributed by atoms with van der Waals surface area (Å²) in [6.45, 7) is 3.87. The Kier molecular flexibility index (Phi) is 4.20. The average molecular weight is 281 g/mol. The van der Waals surface area contributed by atoms with Crippen LogP contribution in [0.4, 0.5) is 5.82 Å². The molecule has 1 aliphatic carbocycles. The number of nitrogens with zero attached hydrogens (tertiary/aromatic N) is 2. The molecule has 1 heterocycles. The van der Waals surface area contributed by atoms with E-state index in [1.165, 1.54) is 24.0 Å². The van der Waals surface area contributed by atoms with E-state index in [-0.39, 0.29) is 0 Å². The van der Waals surface area contributed by atoms with Crippen LogP contribution in [0.2, 0.25) is 0 Å². The van der Waals surface area contributed by atoms with E-state index in [9.17, 15) is 0 Å². The lowest BCUT2D eigenvalue weighted by Crippen LogP contribution is -2.20. The zero-order valence-corrected chi connectivity index (χ0v) is 12.8. The van der Waals surface area contributed by atoms with Gasteiger partial charge in [0.15, 0.2) is 0 Å². The first kappa shape index (κ1) is 14.1. The highest BCUT2D eigenvalue weighted by Gasteiger charge is 2.20. The SMILES string of the molecule is Cc1ccc(CN(C)c2cccc(CNC3CC3)n2)cc1. The zero-order valence-electron chi connectivity index (χ0n) is 12.8. The van der Waals surface area contributed by atoms with Gasteiger partial charge in [0.05, 0.1) is 5.69 Å². The minimum absolute atomic E-state index is 0.723. The largest absolute Gasteiger partial charge is 0.355 e. The average Bonchev–Trinajstić information content (AvgIpc) is 3.32. The first-order chi connectivity index (χ1) is 10.2. The van der Waals surface area contributed by atoms with Crippen LogP contribution in [0.15, 0.2) is 42.5 Å². The molecule has 0 unspecified atom stereocenters. The molecule has 3 rings (SSSR count). The van der Waals surface area contributed by atoms with E-state index in [2.05, 4.69) is 66.7 Å². The molecule has 0 amide bonds. The second-order valence-corrected chi connectivity index (χ2v) is 5.98. The molecule has 0 radical (unpaired) electrons. The normalized spacial score (nSPS) is 14.2. The van der Waals surface area contributed by atoms with E-state index in [0.717, 1.165) is 30.6 Å². The second kappa shape index (κ2) is 6.27. The standard InChI is InChI=1S/C18H23N3/c1-14-6-8-15(9-7-14)13-21(2)18-5-3-4-17(20-18)12-19-16-10-11-16/h3-9,16,19H,10-13H2,1-2H3. The van der Waals surface area contributed by atoms with Gasteiger partial charge < -0.3 is 10.2 Å². The molecule has 1 saturated carbocycles. The molecule has 1 aliphatic rings. The summed E-state index contributed by atoms with van der Waals surface area (Å²) >= 11 is 0. The lowest BCUT2D eigenvalue weighted by Gasteiger charge is -2.19. The summed E-state index contributed by atoms with van der Waals surface area (Å²) in [5.41, 5.74) is 3.73. The predicted molar refractivity (Wildman–Crippen MR) is 87.4 cm³/mol. The number of nitrogens with one attached hydrogen (secondary N) is 1. The van der Waals surface area contributed by atoms with Gasteiger partial charge >= 0.3 is 0 Å². The molecular weight excluding hydrogens is 258 g/mol. The van der Waals surface area contributed by atoms with Gasteiger partial charge in [-0.25, -0.2) is 4.98 Å². The van der Waals surface area contributed by atoms with Gasteiger partial charge in [0, 0.05) is 26.2 Å². The minimum atomic E-state index is 0.723. The van der Waals surface area contributed by atoms with Crippen molar-refractivity contribution in [3.05, 3.63) is 59.3 Å². The third kappa shape index (κ3) is 4.05. The summed E-state index contributed by atoms with van der Waals surface area (Å²) < 4.78 is 0. The smallest absolute Gasteiger partial charge is 0.128 e. The van der Waals surface area contributed by atoms with Gasteiger partial charge in [-0.05, 0) is 37.5 Å².